The van der Waals surface area contributed by atoms with Crippen molar-refractivity contribution in [2.24, 2.45) is 0 Å². The Balaban J connectivity index is 2.15. The van der Waals surface area contributed by atoms with E-state index >= 15 is 0 Å². The van der Waals surface area contributed by atoms with Crippen LogP contribution in [0, 0.1) is 0 Å². The Bertz CT molecular complexity index is 663. The predicted molar refractivity (Wildman–Crippen MR) is 82.0 cm³/mol. The zero-order valence-corrected chi connectivity index (χ0v) is 13.0. The lowest BCUT2D eigenvalue weighted by molar-refractivity contribution is 0.0487. The molecule has 112 valence electrons. The van der Waals surface area contributed by atoms with Gasteiger partial charge >= 0.3 is 11.9 Å². The molecule has 0 radical (unpaired) electrons. The quantitative estimate of drug-likeness (QED) is 0.794. The van der Waals surface area contributed by atoms with E-state index in [4.69, 9.17) is 4.74 Å². The molecule has 1 aromatic carbocycles. The highest BCUT2D eigenvalue weighted by Crippen LogP contribution is 2.27. The molecule has 0 spiro atoms. The molecule has 6 heteroatoms. The fraction of sp³-hybridized carbons (Fsp3) is 0.333. The fourth-order valence-electron chi connectivity index (χ4n) is 1.77. The van der Waals surface area contributed by atoms with Crippen LogP contribution in [0.25, 0.3) is 10.1 Å². The van der Waals surface area contributed by atoms with Gasteiger partial charge in [0.25, 0.3) is 0 Å². The second-order valence-corrected chi connectivity index (χ2v) is 5.88. The summed E-state index contributed by atoms with van der Waals surface area (Å²) < 4.78 is 10.7. The van der Waals surface area contributed by atoms with E-state index in [-0.39, 0.29) is 11.9 Å². The predicted octanol–water partition coefficient (Wildman–Crippen LogP) is 2.41. The topological polar surface area (TPSA) is 55.8 Å². The summed E-state index contributed by atoms with van der Waals surface area (Å²) in [6, 6.07) is 6.98. The molecule has 0 aliphatic heterocycles. The Morgan fingerprint density at radius 2 is 1.95 bits per heavy atom. The molecule has 5 nitrogen and oxygen atoms in total. The molecule has 0 aliphatic carbocycles. The molecule has 0 unspecified atom stereocenters. The van der Waals surface area contributed by atoms with E-state index in [1.807, 2.05) is 19.0 Å². The van der Waals surface area contributed by atoms with E-state index in [1.54, 1.807) is 24.3 Å². The Morgan fingerprint density at radius 1 is 1.19 bits per heavy atom. The number of carbonyl (C=O) groups excluding carboxylic acids is 2. The Morgan fingerprint density at radius 3 is 2.62 bits per heavy atom. The minimum absolute atomic E-state index is 0.335. The number of fused-ring (bicyclic) bond motifs is 1. The van der Waals surface area contributed by atoms with Crippen molar-refractivity contribution in [3.05, 3.63) is 34.7 Å². The molecule has 1 heterocycles. The zero-order chi connectivity index (χ0) is 15.4. The summed E-state index contributed by atoms with van der Waals surface area (Å²) in [6.07, 6.45) is 0. The van der Waals surface area contributed by atoms with E-state index in [1.165, 1.54) is 18.4 Å². The number of methoxy groups -OCH3 is 1. The van der Waals surface area contributed by atoms with Crippen molar-refractivity contribution < 1.29 is 19.1 Å². The number of hydrogen-bond donors (Lipinski definition) is 0. The van der Waals surface area contributed by atoms with Gasteiger partial charge in [-0.15, -0.1) is 11.3 Å². The Hall–Kier alpha value is -1.92. The zero-order valence-electron chi connectivity index (χ0n) is 12.2. The minimum Gasteiger partial charge on any atom is -0.465 e. The number of hydrogen-bond acceptors (Lipinski definition) is 6. The van der Waals surface area contributed by atoms with Crippen molar-refractivity contribution in [3.8, 4) is 0 Å². The van der Waals surface area contributed by atoms with Crippen LogP contribution in [0.4, 0.5) is 0 Å². The number of ether oxygens (including phenoxy) is 2. The summed E-state index contributed by atoms with van der Waals surface area (Å²) >= 11 is 1.31. The van der Waals surface area contributed by atoms with Gasteiger partial charge in [-0.25, -0.2) is 9.59 Å². The lowest BCUT2D eigenvalue weighted by atomic mass is 10.2. The monoisotopic (exact) mass is 307 g/mol. The molecule has 2 rings (SSSR count). The second kappa shape index (κ2) is 6.69. The van der Waals surface area contributed by atoms with Gasteiger partial charge in [0, 0.05) is 11.2 Å². The Kier molecular flexibility index (Phi) is 4.93. The minimum atomic E-state index is -0.389. The number of esters is 2. The van der Waals surface area contributed by atoms with Crippen molar-refractivity contribution >= 4 is 33.4 Å². The van der Waals surface area contributed by atoms with Gasteiger partial charge in [-0.1, -0.05) is 6.07 Å². The molecule has 0 amide bonds. The molecule has 0 bridgehead atoms. The molecule has 0 atom stereocenters. The third-order valence-electron chi connectivity index (χ3n) is 2.91. The number of thiophene rings is 1. The molecular weight excluding hydrogens is 290 g/mol. The van der Waals surface area contributed by atoms with Crippen molar-refractivity contribution in [2.45, 2.75) is 0 Å². The smallest absolute Gasteiger partial charge is 0.348 e. The van der Waals surface area contributed by atoms with E-state index in [0.29, 0.717) is 23.6 Å². The number of carbonyl (C=O) groups is 2. The first-order chi connectivity index (χ1) is 10.0. The first-order valence-electron chi connectivity index (χ1n) is 6.45. The van der Waals surface area contributed by atoms with Gasteiger partial charge in [-0.3, -0.25) is 0 Å². The highest BCUT2D eigenvalue weighted by Gasteiger charge is 2.13. The van der Waals surface area contributed by atoms with Crippen LogP contribution in [0.5, 0.6) is 0 Å². The third-order valence-corrected chi connectivity index (χ3v) is 3.99. The number of likely N-dealkylation sites (N-methyl/N-ethyl adjacent to an activating group) is 1. The van der Waals surface area contributed by atoms with Crippen LogP contribution < -0.4 is 0 Å². The molecular formula is C15H17NO4S. The van der Waals surface area contributed by atoms with Gasteiger partial charge in [0.2, 0.25) is 0 Å². The van der Waals surface area contributed by atoms with Gasteiger partial charge in [-0.2, -0.15) is 0 Å². The maximum atomic E-state index is 11.9. The van der Waals surface area contributed by atoms with Gasteiger partial charge in [0.1, 0.15) is 11.5 Å². The largest absolute Gasteiger partial charge is 0.465 e. The number of nitrogens with zero attached hydrogens (tertiary/aromatic N) is 1. The fourth-order valence-corrected chi connectivity index (χ4v) is 2.76. The summed E-state index contributed by atoms with van der Waals surface area (Å²) in [6.45, 7) is 1.04. The maximum Gasteiger partial charge on any atom is 0.348 e. The molecule has 0 saturated heterocycles. The molecule has 0 saturated carbocycles. The number of benzene rings is 1. The molecule has 0 fully saturated rings. The van der Waals surface area contributed by atoms with Crippen LogP contribution in [0.15, 0.2) is 24.3 Å². The van der Waals surface area contributed by atoms with Crippen molar-refractivity contribution in [2.75, 3.05) is 34.4 Å². The lowest BCUT2D eigenvalue weighted by Crippen LogP contribution is -2.19. The van der Waals surface area contributed by atoms with Crippen molar-refractivity contribution in [1.82, 2.24) is 4.90 Å². The first-order valence-corrected chi connectivity index (χ1v) is 7.26. The normalized spacial score (nSPS) is 10.9. The second-order valence-electron chi connectivity index (χ2n) is 4.79. The van der Waals surface area contributed by atoms with Gasteiger partial charge in [0.05, 0.1) is 12.7 Å². The SMILES string of the molecule is COC(=O)c1ccc2cc(C(=O)OCCN(C)C)sc2c1. The third kappa shape index (κ3) is 3.80. The van der Waals surface area contributed by atoms with E-state index in [2.05, 4.69) is 4.74 Å². The van der Waals surface area contributed by atoms with Crippen LogP contribution in [0.1, 0.15) is 20.0 Å². The average molecular weight is 307 g/mol. The van der Waals surface area contributed by atoms with E-state index in [9.17, 15) is 9.59 Å². The summed E-state index contributed by atoms with van der Waals surface area (Å²) in [5, 5.41) is 0.909. The highest BCUT2D eigenvalue weighted by molar-refractivity contribution is 7.20. The maximum absolute atomic E-state index is 11.9. The van der Waals surface area contributed by atoms with Crippen LogP contribution >= 0.6 is 11.3 Å². The lowest BCUT2D eigenvalue weighted by Gasteiger charge is -2.08. The van der Waals surface area contributed by atoms with Crippen molar-refractivity contribution in [1.29, 1.82) is 0 Å². The van der Waals surface area contributed by atoms with Gasteiger partial charge in [-0.05, 0) is 37.7 Å². The highest BCUT2D eigenvalue weighted by atomic mass is 32.1. The average Bonchev–Trinajstić information content (AvgIpc) is 2.88. The van der Waals surface area contributed by atoms with E-state index in [0.717, 1.165) is 10.1 Å². The van der Waals surface area contributed by atoms with Crippen LogP contribution in [0.2, 0.25) is 0 Å². The summed E-state index contributed by atoms with van der Waals surface area (Å²) in [5.41, 5.74) is 0.472. The van der Waals surface area contributed by atoms with Gasteiger partial charge < -0.3 is 14.4 Å². The molecule has 0 N–H and O–H groups in total. The van der Waals surface area contributed by atoms with Crippen LogP contribution in [-0.2, 0) is 9.47 Å². The summed E-state index contributed by atoms with van der Waals surface area (Å²) in [7, 11) is 5.18. The number of rotatable bonds is 5. The summed E-state index contributed by atoms with van der Waals surface area (Å²) in [4.78, 5) is 25.9. The van der Waals surface area contributed by atoms with Crippen LogP contribution in [0.3, 0.4) is 0 Å². The first kappa shape index (κ1) is 15.5. The van der Waals surface area contributed by atoms with Crippen molar-refractivity contribution in [3.63, 3.8) is 0 Å². The molecule has 0 aliphatic rings. The molecule has 21 heavy (non-hydrogen) atoms. The molecule has 2 aromatic rings. The molecule has 1 aromatic heterocycles. The summed E-state index contributed by atoms with van der Waals surface area (Å²) in [5.74, 6) is -0.724. The van der Waals surface area contributed by atoms with E-state index < -0.39 is 0 Å². The Labute approximate surface area is 127 Å². The van der Waals surface area contributed by atoms with Gasteiger partial charge in [0.15, 0.2) is 0 Å². The van der Waals surface area contributed by atoms with Crippen LogP contribution in [-0.4, -0.2) is 51.2 Å². The standard InChI is InChI=1S/C15H17NO4S/c1-16(2)6-7-20-15(18)13-8-10-4-5-11(14(17)19-3)9-12(10)21-13/h4-5,8-9H,6-7H2,1-3H3.